The molecule has 3 aromatic carbocycles. The maximum Gasteiger partial charge on any atom is 0.250 e. The van der Waals surface area contributed by atoms with E-state index < -0.39 is 0 Å². The van der Waals surface area contributed by atoms with Crippen LogP contribution >= 0.6 is 22.9 Å². The number of rotatable bonds is 3. The maximum absolute atomic E-state index is 12.3. The molecular formula is C22H15ClN2OS. The van der Waals surface area contributed by atoms with E-state index in [0.717, 1.165) is 28.6 Å². The normalized spacial score (nSPS) is 13.1. The van der Waals surface area contributed by atoms with Crippen LogP contribution in [0.1, 0.15) is 16.7 Å². The fourth-order valence-corrected chi connectivity index (χ4v) is 4.83. The van der Waals surface area contributed by atoms with E-state index in [0.29, 0.717) is 10.2 Å². The number of hydrogen-bond donors (Lipinski definition) is 1. The summed E-state index contributed by atoms with van der Waals surface area (Å²) in [5, 5.41) is 6.63. The summed E-state index contributed by atoms with van der Waals surface area (Å²) >= 11 is 7.63. The van der Waals surface area contributed by atoms with Crippen molar-refractivity contribution in [3.63, 3.8) is 0 Å². The second kappa shape index (κ2) is 6.48. The molecule has 0 radical (unpaired) electrons. The Bertz CT molecular complexity index is 1240. The van der Waals surface area contributed by atoms with Crippen LogP contribution in [0.4, 0.5) is 5.13 Å². The van der Waals surface area contributed by atoms with E-state index in [9.17, 15) is 4.79 Å². The van der Waals surface area contributed by atoms with Gasteiger partial charge < -0.3 is 0 Å². The van der Waals surface area contributed by atoms with Gasteiger partial charge in [-0.15, -0.1) is 0 Å². The predicted molar refractivity (Wildman–Crippen MR) is 114 cm³/mol. The number of fused-ring (bicyclic) bond motifs is 2. The van der Waals surface area contributed by atoms with Gasteiger partial charge in [0.15, 0.2) is 5.13 Å². The number of aromatic nitrogens is 1. The molecule has 0 saturated heterocycles. The summed E-state index contributed by atoms with van der Waals surface area (Å²) in [7, 11) is 0. The highest BCUT2D eigenvalue weighted by atomic mass is 35.5. The van der Waals surface area contributed by atoms with Crippen LogP contribution in [-0.4, -0.2) is 10.9 Å². The van der Waals surface area contributed by atoms with E-state index in [2.05, 4.69) is 29.6 Å². The molecule has 0 bridgehead atoms. The number of aryl methyl sites for hydroxylation is 2. The molecule has 132 valence electrons. The first kappa shape index (κ1) is 16.5. The number of carbonyl (C=O) groups excluding carboxylic acids is 1. The van der Waals surface area contributed by atoms with Crippen LogP contribution < -0.4 is 5.32 Å². The molecule has 0 aliphatic heterocycles. The number of hydrogen-bond acceptors (Lipinski definition) is 3. The number of nitrogens with one attached hydrogen (secondary N) is 1. The molecule has 1 aliphatic carbocycles. The lowest BCUT2D eigenvalue weighted by atomic mass is 10.0. The molecule has 1 aromatic heterocycles. The molecule has 1 amide bonds. The average molecular weight is 391 g/mol. The molecular weight excluding hydrogens is 376 g/mol. The topological polar surface area (TPSA) is 42.0 Å². The third-order valence-corrected chi connectivity index (χ3v) is 6.16. The molecule has 3 nitrogen and oxygen atoms in total. The van der Waals surface area contributed by atoms with E-state index in [1.807, 2.05) is 18.2 Å². The van der Waals surface area contributed by atoms with Gasteiger partial charge in [0, 0.05) is 16.5 Å². The molecule has 0 unspecified atom stereocenters. The molecule has 1 N–H and O–H groups in total. The van der Waals surface area contributed by atoms with Crippen molar-refractivity contribution in [2.45, 2.75) is 12.8 Å². The van der Waals surface area contributed by atoms with Gasteiger partial charge in [0.1, 0.15) is 0 Å². The number of halogens is 1. The predicted octanol–water partition coefficient (Wildman–Crippen LogP) is 5.85. The summed E-state index contributed by atoms with van der Waals surface area (Å²) in [4.78, 5) is 17.0. The zero-order valence-electron chi connectivity index (χ0n) is 14.3. The van der Waals surface area contributed by atoms with Crippen LogP contribution in [0.5, 0.6) is 0 Å². The SMILES string of the molecule is O=C(C=Cc1ccccc1Cl)Nc1nc2c(cc3c4c(cccc42)CC3)s1. The second-order valence-corrected chi connectivity index (χ2v) is 8.02. The molecule has 0 spiro atoms. The summed E-state index contributed by atoms with van der Waals surface area (Å²) in [5.74, 6) is -0.216. The van der Waals surface area contributed by atoms with Crippen LogP contribution in [-0.2, 0) is 17.6 Å². The molecule has 5 rings (SSSR count). The minimum Gasteiger partial charge on any atom is -0.298 e. The van der Waals surface area contributed by atoms with Crippen molar-refractivity contribution in [3.8, 4) is 0 Å². The Balaban J connectivity index is 1.46. The maximum atomic E-state index is 12.3. The summed E-state index contributed by atoms with van der Waals surface area (Å²) < 4.78 is 1.11. The highest BCUT2D eigenvalue weighted by molar-refractivity contribution is 7.22. The van der Waals surface area contributed by atoms with E-state index in [1.165, 1.54) is 39.3 Å². The van der Waals surface area contributed by atoms with Crippen LogP contribution in [0.25, 0.3) is 27.1 Å². The van der Waals surface area contributed by atoms with Crippen molar-refractivity contribution < 1.29 is 4.79 Å². The Kier molecular flexibility index (Phi) is 3.96. The number of anilines is 1. The number of nitrogens with zero attached hydrogens (tertiary/aromatic N) is 1. The first-order valence-electron chi connectivity index (χ1n) is 8.77. The number of amides is 1. The largest absolute Gasteiger partial charge is 0.298 e. The van der Waals surface area contributed by atoms with Gasteiger partial charge in [-0.25, -0.2) is 4.98 Å². The van der Waals surface area contributed by atoms with Crippen molar-refractivity contribution in [1.82, 2.24) is 4.98 Å². The lowest BCUT2D eigenvalue weighted by molar-refractivity contribution is -0.111. The first-order chi connectivity index (χ1) is 13.2. The van der Waals surface area contributed by atoms with Gasteiger partial charge in [0.2, 0.25) is 5.91 Å². The molecule has 1 aliphatic rings. The number of thiazole rings is 1. The Hall–Kier alpha value is -2.69. The minimum absolute atomic E-state index is 0.216. The Morgan fingerprint density at radius 1 is 1.11 bits per heavy atom. The Morgan fingerprint density at radius 2 is 1.96 bits per heavy atom. The third-order valence-electron chi connectivity index (χ3n) is 4.90. The van der Waals surface area contributed by atoms with Crippen LogP contribution in [0.3, 0.4) is 0 Å². The van der Waals surface area contributed by atoms with Gasteiger partial charge in [-0.3, -0.25) is 10.1 Å². The summed E-state index contributed by atoms with van der Waals surface area (Å²) in [6, 6.07) is 16.0. The van der Waals surface area contributed by atoms with Gasteiger partial charge >= 0.3 is 0 Å². The second-order valence-electron chi connectivity index (χ2n) is 6.59. The molecule has 0 saturated carbocycles. The Morgan fingerprint density at radius 3 is 2.85 bits per heavy atom. The summed E-state index contributed by atoms with van der Waals surface area (Å²) in [5.41, 5.74) is 4.55. The lowest BCUT2D eigenvalue weighted by Crippen LogP contribution is -2.07. The van der Waals surface area contributed by atoms with Crippen molar-refractivity contribution in [3.05, 3.63) is 76.3 Å². The number of carbonyl (C=O) groups is 1. The molecule has 5 heteroatoms. The van der Waals surface area contributed by atoms with Crippen LogP contribution in [0.15, 0.2) is 54.6 Å². The van der Waals surface area contributed by atoms with Gasteiger partial charge in [0.25, 0.3) is 0 Å². The molecule has 1 heterocycles. The van der Waals surface area contributed by atoms with Gasteiger partial charge in [-0.1, -0.05) is 59.3 Å². The third kappa shape index (κ3) is 2.91. The monoisotopic (exact) mass is 390 g/mol. The highest BCUT2D eigenvalue weighted by Crippen LogP contribution is 2.39. The minimum atomic E-state index is -0.216. The molecule has 0 fully saturated rings. The first-order valence-corrected chi connectivity index (χ1v) is 9.96. The molecule has 27 heavy (non-hydrogen) atoms. The summed E-state index contributed by atoms with van der Waals surface area (Å²) in [6.45, 7) is 0. The summed E-state index contributed by atoms with van der Waals surface area (Å²) in [6.07, 6.45) is 5.37. The van der Waals surface area contributed by atoms with E-state index in [4.69, 9.17) is 16.6 Å². The fraction of sp³-hybridized carbons (Fsp3) is 0.0909. The smallest absolute Gasteiger partial charge is 0.250 e. The van der Waals surface area contributed by atoms with Crippen molar-refractivity contribution in [1.29, 1.82) is 0 Å². The highest BCUT2D eigenvalue weighted by Gasteiger charge is 2.18. The van der Waals surface area contributed by atoms with Gasteiger partial charge in [-0.2, -0.15) is 0 Å². The van der Waals surface area contributed by atoms with Crippen molar-refractivity contribution in [2.75, 3.05) is 5.32 Å². The lowest BCUT2D eigenvalue weighted by Gasteiger charge is -2.02. The van der Waals surface area contributed by atoms with E-state index in [1.54, 1.807) is 12.1 Å². The average Bonchev–Trinajstić information content (AvgIpc) is 3.26. The van der Waals surface area contributed by atoms with Gasteiger partial charge in [-0.05, 0) is 53.1 Å². The fourth-order valence-electron chi connectivity index (χ4n) is 3.68. The molecule has 0 atom stereocenters. The van der Waals surface area contributed by atoms with E-state index in [-0.39, 0.29) is 5.91 Å². The Labute approximate surface area is 165 Å². The number of benzene rings is 3. The standard InChI is InChI=1S/C22H15ClN2OS/c23-17-7-2-1-4-13(17)10-11-19(26)24-22-25-21-16-6-3-5-14-8-9-15(20(14)16)12-18(21)27-22/h1-7,10-12H,8-9H2,(H,24,25,26). The van der Waals surface area contributed by atoms with Crippen LogP contribution in [0, 0.1) is 0 Å². The van der Waals surface area contributed by atoms with Gasteiger partial charge in [0.05, 0.1) is 10.2 Å². The van der Waals surface area contributed by atoms with Crippen molar-refractivity contribution >= 4 is 61.0 Å². The quantitative estimate of drug-likeness (QED) is 0.445. The van der Waals surface area contributed by atoms with Crippen LogP contribution in [0.2, 0.25) is 5.02 Å². The van der Waals surface area contributed by atoms with E-state index >= 15 is 0 Å². The zero-order chi connectivity index (χ0) is 18.4. The molecule has 4 aromatic rings. The van der Waals surface area contributed by atoms with Crippen molar-refractivity contribution in [2.24, 2.45) is 0 Å². The zero-order valence-corrected chi connectivity index (χ0v) is 15.9.